The van der Waals surface area contributed by atoms with Gasteiger partial charge in [-0.2, -0.15) is 0 Å². The van der Waals surface area contributed by atoms with E-state index in [1.54, 1.807) is 36.4 Å². The quantitative estimate of drug-likeness (QED) is 0.664. The second kappa shape index (κ2) is 4.31. The number of nitrogen functional groups attached to an aromatic ring is 1. The van der Waals surface area contributed by atoms with Crippen molar-refractivity contribution in [2.45, 2.75) is 0 Å². The summed E-state index contributed by atoms with van der Waals surface area (Å²) in [4.78, 5) is 11.2. The molecular formula is C15H12N2O3. The first-order chi connectivity index (χ1) is 9.56. The number of hydrogen-bond donors (Lipinski definition) is 3. The van der Waals surface area contributed by atoms with E-state index in [4.69, 9.17) is 15.9 Å². The summed E-state index contributed by atoms with van der Waals surface area (Å²) in [6.07, 6.45) is 0. The lowest BCUT2D eigenvalue weighted by atomic mass is 10.0. The van der Waals surface area contributed by atoms with Crippen molar-refractivity contribution in [2.24, 2.45) is 5.73 Å². The van der Waals surface area contributed by atoms with Gasteiger partial charge < -0.3 is 21.0 Å². The normalized spacial score (nSPS) is 10.8. The second-order valence-corrected chi connectivity index (χ2v) is 4.47. The van der Waals surface area contributed by atoms with Crippen LogP contribution in [0.15, 0.2) is 46.9 Å². The molecule has 5 heteroatoms. The highest BCUT2D eigenvalue weighted by Crippen LogP contribution is 2.32. The van der Waals surface area contributed by atoms with Gasteiger partial charge in [-0.25, -0.2) is 0 Å². The Kier molecular flexibility index (Phi) is 2.61. The average Bonchev–Trinajstić information content (AvgIpc) is 2.77. The van der Waals surface area contributed by atoms with Gasteiger partial charge in [0.05, 0.1) is 5.69 Å². The van der Waals surface area contributed by atoms with Gasteiger partial charge >= 0.3 is 0 Å². The number of phenolic OH excluding ortho intramolecular Hbond substituents is 1. The second-order valence-electron chi connectivity index (χ2n) is 4.47. The van der Waals surface area contributed by atoms with Gasteiger partial charge in [0.2, 0.25) is 5.76 Å². The highest BCUT2D eigenvalue weighted by molar-refractivity contribution is 6.05. The summed E-state index contributed by atoms with van der Waals surface area (Å²) >= 11 is 0. The van der Waals surface area contributed by atoms with Crippen LogP contribution in [0.1, 0.15) is 10.6 Å². The summed E-state index contributed by atoms with van der Waals surface area (Å²) in [7, 11) is 0. The summed E-state index contributed by atoms with van der Waals surface area (Å²) in [5, 5.41) is 9.94. The van der Waals surface area contributed by atoms with E-state index in [0.717, 1.165) is 11.1 Å². The van der Waals surface area contributed by atoms with Crippen molar-refractivity contribution < 1.29 is 14.3 Å². The van der Waals surface area contributed by atoms with Crippen LogP contribution in [0.4, 0.5) is 5.69 Å². The number of phenols is 1. The van der Waals surface area contributed by atoms with E-state index in [1.807, 2.05) is 6.07 Å². The Morgan fingerprint density at radius 3 is 2.35 bits per heavy atom. The Hall–Kier alpha value is -2.95. The fraction of sp³-hybridized carbons (Fsp3) is 0. The van der Waals surface area contributed by atoms with Gasteiger partial charge in [-0.3, -0.25) is 4.79 Å². The minimum atomic E-state index is -0.690. The number of furan rings is 1. The van der Waals surface area contributed by atoms with E-state index in [9.17, 15) is 9.90 Å². The van der Waals surface area contributed by atoms with Crippen LogP contribution < -0.4 is 11.5 Å². The maximum absolute atomic E-state index is 11.2. The zero-order valence-electron chi connectivity index (χ0n) is 10.5. The predicted molar refractivity (Wildman–Crippen MR) is 76.2 cm³/mol. The van der Waals surface area contributed by atoms with Gasteiger partial charge in [0.15, 0.2) is 0 Å². The Morgan fingerprint density at radius 2 is 1.70 bits per heavy atom. The van der Waals surface area contributed by atoms with E-state index in [2.05, 4.69) is 0 Å². The van der Waals surface area contributed by atoms with Crippen molar-refractivity contribution in [1.82, 2.24) is 0 Å². The number of carbonyl (C=O) groups is 1. The molecule has 1 heterocycles. The van der Waals surface area contributed by atoms with Crippen molar-refractivity contribution in [1.29, 1.82) is 0 Å². The molecule has 0 spiro atoms. The zero-order chi connectivity index (χ0) is 14.3. The highest BCUT2D eigenvalue weighted by atomic mass is 16.3. The van der Waals surface area contributed by atoms with Gasteiger partial charge in [-0.1, -0.05) is 18.2 Å². The molecule has 0 saturated heterocycles. The van der Waals surface area contributed by atoms with Crippen LogP contribution in [0.5, 0.6) is 5.75 Å². The molecule has 3 rings (SSSR count). The molecule has 0 aliphatic carbocycles. The highest BCUT2D eigenvalue weighted by Gasteiger charge is 2.16. The van der Waals surface area contributed by atoms with E-state index in [1.165, 1.54) is 0 Å². The van der Waals surface area contributed by atoms with Crippen LogP contribution >= 0.6 is 0 Å². The van der Waals surface area contributed by atoms with Gasteiger partial charge in [0.25, 0.3) is 5.91 Å². The number of rotatable bonds is 2. The van der Waals surface area contributed by atoms with Crippen molar-refractivity contribution in [3.8, 4) is 16.9 Å². The number of carbonyl (C=O) groups excluding carboxylic acids is 1. The number of primary amides is 1. The molecule has 5 N–H and O–H groups in total. The van der Waals surface area contributed by atoms with Crippen molar-refractivity contribution in [3.05, 3.63) is 48.2 Å². The molecule has 5 nitrogen and oxygen atoms in total. The smallest absolute Gasteiger partial charge is 0.286 e. The monoisotopic (exact) mass is 268 g/mol. The third kappa shape index (κ3) is 1.85. The maximum Gasteiger partial charge on any atom is 0.286 e. The number of amides is 1. The molecule has 1 aromatic heterocycles. The van der Waals surface area contributed by atoms with Crippen LogP contribution in [-0.4, -0.2) is 11.0 Å². The summed E-state index contributed by atoms with van der Waals surface area (Å²) in [5.74, 6) is -0.513. The molecule has 0 atom stereocenters. The molecule has 20 heavy (non-hydrogen) atoms. The third-order valence-corrected chi connectivity index (χ3v) is 3.15. The van der Waals surface area contributed by atoms with Crippen LogP contribution in [0.3, 0.4) is 0 Å². The van der Waals surface area contributed by atoms with Crippen molar-refractivity contribution in [2.75, 3.05) is 5.73 Å². The summed E-state index contributed by atoms with van der Waals surface area (Å²) in [5.41, 5.74) is 13.6. The predicted octanol–water partition coefficient (Wildman–Crippen LogP) is 2.49. The van der Waals surface area contributed by atoms with E-state index < -0.39 is 5.91 Å². The van der Waals surface area contributed by atoms with Crippen LogP contribution in [0.25, 0.3) is 22.1 Å². The number of hydrogen-bond acceptors (Lipinski definition) is 4. The summed E-state index contributed by atoms with van der Waals surface area (Å²) in [6.45, 7) is 0. The number of aromatic hydroxyl groups is 1. The first kappa shape index (κ1) is 12.1. The van der Waals surface area contributed by atoms with Crippen LogP contribution in [0.2, 0.25) is 0 Å². The molecule has 0 saturated carbocycles. The minimum absolute atomic E-state index is 0.0251. The first-order valence-electron chi connectivity index (χ1n) is 5.97. The SMILES string of the molecule is NC(=O)c1oc2cc(-c3ccc(O)cc3)ccc2c1N. The summed E-state index contributed by atoms with van der Waals surface area (Å²) in [6, 6.07) is 12.2. The van der Waals surface area contributed by atoms with Crippen molar-refractivity contribution >= 4 is 22.6 Å². The Labute approximate surface area is 114 Å². The topological polar surface area (TPSA) is 102 Å². The minimum Gasteiger partial charge on any atom is -0.508 e. The van der Waals surface area contributed by atoms with E-state index in [0.29, 0.717) is 11.0 Å². The fourth-order valence-corrected chi connectivity index (χ4v) is 2.13. The number of benzene rings is 2. The average molecular weight is 268 g/mol. The lowest BCUT2D eigenvalue weighted by molar-refractivity contribution is 0.0977. The van der Waals surface area contributed by atoms with E-state index in [-0.39, 0.29) is 17.2 Å². The molecule has 0 unspecified atom stereocenters. The molecule has 0 radical (unpaired) electrons. The first-order valence-corrected chi connectivity index (χ1v) is 5.97. The number of nitrogens with two attached hydrogens (primary N) is 2. The van der Waals surface area contributed by atoms with Crippen molar-refractivity contribution in [3.63, 3.8) is 0 Å². The Balaban J connectivity index is 2.15. The lowest BCUT2D eigenvalue weighted by Gasteiger charge is -2.01. The molecule has 3 aromatic rings. The van der Waals surface area contributed by atoms with Crippen LogP contribution in [-0.2, 0) is 0 Å². The lowest BCUT2D eigenvalue weighted by Crippen LogP contribution is -2.11. The molecule has 2 aromatic carbocycles. The summed E-state index contributed by atoms with van der Waals surface area (Å²) < 4.78 is 5.40. The van der Waals surface area contributed by atoms with Gasteiger partial charge in [-0.05, 0) is 35.4 Å². The van der Waals surface area contributed by atoms with Crippen LogP contribution in [0, 0.1) is 0 Å². The molecule has 0 aliphatic rings. The van der Waals surface area contributed by atoms with Gasteiger partial charge in [0.1, 0.15) is 11.3 Å². The fourth-order valence-electron chi connectivity index (χ4n) is 2.13. The standard InChI is InChI=1S/C15H12N2O3/c16-13-11-6-3-9(8-1-4-10(18)5-2-8)7-12(11)20-14(13)15(17)19/h1-7,18H,16H2,(H2,17,19). The Morgan fingerprint density at radius 1 is 1.05 bits per heavy atom. The molecule has 0 aliphatic heterocycles. The molecule has 1 amide bonds. The number of anilines is 1. The third-order valence-electron chi connectivity index (χ3n) is 3.15. The van der Waals surface area contributed by atoms with Gasteiger partial charge in [0, 0.05) is 5.39 Å². The van der Waals surface area contributed by atoms with Gasteiger partial charge in [-0.15, -0.1) is 0 Å². The maximum atomic E-state index is 11.2. The molecular weight excluding hydrogens is 256 g/mol. The largest absolute Gasteiger partial charge is 0.508 e. The van der Waals surface area contributed by atoms with E-state index >= 15 is 0 Å². The molecule has 0 bridgehead atoms. The molecule has 0 fully saturated rings. The molecule has 100 valence electrons. The number of fused-ring (bicyclic) bond motifs is 1. The Bertz CT molecular complexity index is 804. The zero-order valence-corrected chi connectivity index (χ0v) is 10.5.